The fourth-order valence-corrected chi connectivity index (χ4v) is 5.31. The van der Waals surface area contributed by atoms with Crippen molar-refractivity contribution in [3.63, 3.8) is 0 Å². The predicted octanol–water partition coefficient (Wildman–Crippen LogP) is 8.58. The van der Waals surface area contributed by atoms with Crippen molar-refractivity contribution in [2.75, 3.05) is 0 Å². The van der Waals surface area contributed by atoms with E-state index in [4.69, 9.17) is 0 Å². The van der Waals surface area contributed by atoms with Crippen LogP contribution in [0.25, 0.3) is 11.1 Å². The van der Waals surface area contributed by atoms with E-state index in [1.807, 2.05) is 12.1 Å². The van der Waals surface area contributed by atoms with Crippen molar-refractivity contribution in [1.82, 2.24) is 0 Å². The van der Waals surface area contributed by atoms with Gasteiger partial charge < -0.3 is 0 Å². The molecular weight excluding hydrogens is 388 g/mol. The molecule has 0 amide bonds. The maximum Gasteiger partial charge on any atom is 0.310 e. The lowest BCUT2D eigenvalue weighted by molar-refractivity contribution is -0.185. The zero-order valence-electron chi connectivity index (χ0n) is 17.5. The second-order valence-corrected chi connectivity index (χ2v) is 9.26. The van der Waals surface area contributed by atoms with Gasteiger partial charge in [-0.05, 0) is 65.7 Å². The third-order valence-electron chi connectivity index (χ3n) is 7.18. The molecule has 0 atom stereocenters. The van der Waals surface area contributed by atoms with E-state index in [1.165, 1.54) is 44.1 Å². The van der Waals surface area contributed by atoms with Crippen LogP contribution in [0.15, 0.2) is 48.5 Å². The summed E-state index contributed by atoms with van der Waals surface area (Å²) in [6.45, 7) is 2.26. The van der Waals surface area contributed by atoms with E-state index in [9.17, 15) is 17.6 Å². The standard InChI is InChI=1S/C26H30F4/c1-2-3-18-4-6-19(7-5-18)20-8-10-21(11-9-20)22-12-14-23(15-13-22)24-16-25(27,28)26(29,30)17-24/h8-15,18-19,24H,2-7,16-17H2,1H3. The van der Waals surface area contributed by atoms with Crippen LogP contribution >= 0.6 is 0 Å². The molecule has 30 heavy (non-hydrogen) atoms. The summed E-state index contributed by atoms with van der Waals surface area (Å²) in [4.78, 5) is 0. The van der Waals surface area contributed by atoms with Crippen molar-refractivity contribution in [2.24, 2.45) is 5.92 Å². The maximum absolute atomic E-state index is 13.5. The fourth-order valence-electron chi connectivity index (χ4n) is 5.31. The Balaban J connectivity index is 1.41. The Labute approximate surface area is 176 Å². The summed E-state index contributed by atoms with van der Waals surface area (Å²) >= 11 is 0. The highest BCUT2D eigenvalue weighted by molar-refractivity contribution is 5.64. The second-order valence-electron chi connectivity index (χ2n) is 9.26. The lowest BCUT2D eigenvalue weighted by atomic mass is 9.77. The van der Waals surface area contributed by atoms with Gasteiger partial charge in [0.25, 0.3) is 0 Å². The zero-order valence-corrected chi connectivity index (χ0v) is 17.5. The average molecular weight is 419 g/mol. The van der Waals surface area contributed by atoms with E-state index in [1.54, 1.807) is 12.1 Å². The van der Waals surface area contributed by atoms with Crippen LogP contribution in [0.2, 0.25) is 0 Å². The van der Waals surface area contributed by atoms with Crippen molar-refractivity contribution in [3.05, 3.63) is 59.7 Å². The SMILES string of the molecule is CCCC1CCC(c2ccc(-c3ccc(C4CC(F)(F)C(F)(F)C4)cc3)cc2)CC1. The molecule has 2 aromatic rings. The minimum absolute atomic E-state index is 0.566. The van der Waals surface area contributed by atoms with Gasteiger partial charge in [-0.1, -0.05) is 68.3 Å². The van der Waals surface area contributed by atoms with E-state index < -0.39 is 30.6 Å². The van der Waals surface area contributed by atoms with Gasteiger partial charge in [0, 0.05) is 12.8 Å². The van der Waals surface area contributed by atoms with E-state index in [0.717, 1.165) is 17.0 Å². The summed E-state index contributed by atoms with van der Waals surface area (Å²) in [6, 6.07) is 15.8. The van der Waals surface area contributed by atoms with Crippen LogP contribution in [0, 0.1) is 5.92 Å². The molecule has 4 heteroatoms. The van der Waals surface area contributed by atoms with Crippen LogP contribution in [0.1, 0.15) is 81.3 Å². The average Bonchev–Trinajstić information content (AvgIpc) is 2.96. The molecule has 0 saturated heterocycles. The molecule has 2 aliphatic carbocycles. The van der Waals surface area contributed by atoms with Crippen molar-refractivity contribution in [2.45, 2.75) is 82.0 Å². The molecule has 0 nitrogen and oxygen atoms in total. The first kappa shape index (κ1) is 21.4. The van der Waals surface area contributed by atoms with Crippen molar-refractivity contribution >= 4 is 0 Å². The highest BCUT2D eigenvalue weighted by Crippen LogP contribution is 2.53. The molecule has 2 fully saturated rings. The third kappa shape index (κ3) is 4.29. The van der Waals surface area contributed by atoms with Crippen LogP contribution in [0.5, 0.6) is 0 Å². The smallest absolute Gasteiger partial charge is 0.200 e. The van der Waals surface area contributed by atoms with Crippen LogP contribution in [-0.4, -0.2) is 11.8 Å². The highest BCUT2D eigenvalue weighted by Gasteiger charge is 2.63. The Morgan fingerprint density at radius 2 is 1.10 bits per heavy atom. The number of hydrogen-bond acceptors (Lipinski definition) is 0. The molecule has 0 heterocycles. The first-order valence-electron chi connectivity index (χ1n) is 11.2. The maximum atomic E-state index is 13.5. The van der Waals surface area contributed by atoms with Gasteiger partial charge in [0.1, 0.15) is 0 Å². The molecule has 0 spiro atoms. The van der Waals surface area contributed by atoms with E-state index in [2.05, 4.69) is 31.2 Å². The number of alkyl halides is 4. The summed E-state index contributed by atoms with van der Waals surface area (Å²) in [7, 11) is 0. The topological polar surface area (TPSA) is 0 Å². The van der Waals surface area contributed by atoms with Gasteiger partial charge in [-0.15, -0.1) is 0 Å². The van der Waals surface area contributed by atoms with Crippen molar-refractivity contribution < 1.29 is 17.6 Å². The van der Waals surface area contributed by atoms with Gasteiger partial charge in [0.15, 0.2) is 0 Å². The Morgan fingerprint density at radius 1 is 0.667 bits per heavy atom. The normalized spacial score (nSPS) is 26.0. The van der Waals surface area contributed by atoms with Gasteiger partial charge in [-0.3, -0.25) is 0 Å². The summed E-state index contributed by atoms with van der Waals surface area (Å²) in [5.41, 5.74) is 4.00. The summed E-state index contributed by atoms with van der Waals surface area (Å²) in [5.74, 6) is -7.10. The summed E-state index contributed by atoms with van der Waals surface area (Å²) in [5, 5.41) is 0. The molecule has 4 rings (SSSR count). The molecule has 162 valence electrons. The zero-order chi connectivity index (χ0) is 21.4. The minimum atomic E-state index is -3.91. The first-order valence-corrected chi connectivity index (χ1v) is 11.2. The summed E-state index contributed by atoms with van der Waals surface area (Å²) in [6.07, 6.45) is 6.21. The van der Waals surface area contributed by atoms with Gasteiger partial charge in [-0.2, -0.15) is 17.6 Å². The fraction of sp³-hybridized carbons (Fsp3) is 0.538. The van der Waals surface area contributed by atoms with Crippen molar-refractivity contribution in [1.29, 1.82) is 0 Å². The monoisotopic (exact) mass is 418 g/mol. The van der Waals surface area contributed by atoms with Crippen molar-refractivity contribution in [3.8, 4) is 11.1 Å². The van der Waals surface area contributed by atoms with Crippen LogP contribution in [0.3, 0.4) is 0 Å². The molecule has 0 N–H and O–H groups in total. The molecule has 2 aromatic carbocycles. The predicted molar refractivity (Wildman–Crippen MR) is 113 cm³/mol. The largest absolute Gasteiger partial charge is 0.310 e. The Kier molecular flexibility index (Phi) is 5.96. The Morgan fingerprint density at radius 3 is 1.53 bits per heavy atom. The molecule has 2 aliphatic rings. The van der Waals surface area contributed by atoms with E-state index in [0.29, 0.717) is 11.5 Å². The third-order valence-corrected chi connectivity index (χ3v) is 7.18. The van der Waals surface area contributed by atoms with Gasteiger partial charge in [-0.25, -0.2) is 0 Å². The van der Waals surface area contributed by atoms with E-state index >= 15 is 0 Å². The highest BCUT2D eigenvalue weighted by atomic mass is 19.3. The van der Waals surface area contributed by atoms with Crippen LogP contribution < -0.4 is 0 Å². The van der Waals surface area contributed by atoms with Gasteiger partial charge in [0.05, 0.1) is 0 Å². The number of benzene rings is 2. The summed E-state index contributed by atoms with van der Waals surface area (Å²) < 4.78 is 54.0. The Hall–Kier alpha value is -1.84. The molecule has 2 saturated carbocycles. The molecular formula is C26H30F4. The number of hydrogen-bond donors (Lipinski definition) is 0. The van der Waals surface area contributed by atoms with Crippen LogP contribution in [-0.2, 0) is 0 Å². The van der Waals surface area contributed by atoms with Gasteiger partial charge >= 0.3 is 11.8 Å². The quantitative estimate of drug-likeness (QED) is 0.427. The minimum Gasteiger partial charge on any atom is -0.200 e. The van der Waals surface area contributed by atoms with Crippen LogP contribution in [0.4, 0.5) is 17.6 Å². The lowest BCUT2D eigenvalue weighted by Crippen LogP contribution is -2.33. The number of rotatable bonds is 5. The number of halogens is 4. The molecule has 0 radical (unpaired) electrons. The first-order chi connectivity index (χ1) is 14.3. The van der Waals surface area contributed by atoms with E-state index in [-0.39, 0.29) is 0 Å². The Bertz CT molecular complexity index is 814. The molecule has 0 bridgehead atoms. The lowest BCUT2D eigenvalue weighted by Gasteiger charge is -2.28. The van der Waals surface area contributed by atoms with Gasteiger partial charge in [0.2, 0.25) is 0 Å². The molecule has 0 aromatic heterocycles. The molecule has 0 unspecified atom stereocenters. The molecule has 0 aliphatic heterocycles. The second kappa shape index (κ2) is 8.36.